The Morgan fingerprint density at radius 1 is 1.29 bits per heavy atom. The number of hydrogen-bond donors (Lipinski definition) is 2. The van der Waals surface area contributed by atoms with Gasteiger partial charge >= 0.3 is 12.1 Å². The topological polar surface area (TPSA) is 118 Å². The first-order valence-electron chi connectivity index (χ1n) is 9.31. The summed E-state index contributed by atoms with van der Waals surface area (Å²) in [5, 5.41) is 20.7. The average Bonchev–Trinajstić information content (AvgIpc) is 3.45. The molecule has 13 heteroatoms. The fraction of sp³-hybridized carbons (Fsp3) is 0.500. The third-order valence-electron chi connectivity index (χ3n) is 4.97. The average molecular weight is 459 g/mol. The maximum atomic E-state index is 12.1. The lowest BCUT2D eigenvalue weighted by molar-refractivity contribution is -0.192. The van der Waals surface area contributed by atoms with Crippen LogP contribution in [0.3, 0.4) is 0 Å². The van der Waals surface area contributed by atoms with Crippen molar-refractivity contribution in [3.63, 3.8) is 0 Å². The van der Waals surface area contributed by atoms with Crippen molar-refractivity contribution >= 4 is 23.2 Å². The SMILES string of the molecule is O=C(NC[C@@H]1CO[C@@H]2CN(Cc3nccs3)C[C@H]12)c1ccnnc1.O=C(O)C(F)(F)F. The zero-order valence-electron chi connectivity index (χ0n) is 16.2. The molecule has 0 aliphatic carbocycles. The molecule has 2 aliphatic rings. The maximum absolute atomic E-state index is 12.1. The van der Waals surface area contributed by atoms with E-state index >= 15 is 0 Å². The van der Waals surface area contributed by atoms with Crippen LogP contribution in [0.15, 0.2) is 30.0 Å². The number of alkyl halides is 3. The molecule has 31 heavy (non-hydrogen) atoms. The Kier molecular flexibility index (Phi) is 7.51. The number of nitrogens with zero attached hydrogens (tertiary/aromatic N) is 4. The van der Waals surface area contributed by atoms with Crippen LogP contribution in [-0.4, -0.2) is 75.6 Å². The fourth-order valence-corrected chi connectivity index (χ4v) is 4.15. The van der Waals surface area contributed by atoms with E-state index in [0.717, 1.165) is 31.2 Å². The molecule has 2 aliphatic heterocycles. The first kappa shape index (κ1) is 23.0. The van der Waals surface area contributed by atoms with Crippen molar-refractivity contribution in [3.8, 4) is 0 Å². The Balaban J connectivity index is 0.000000339. The summed E-state index contributed by atoms with van der Waals surface area (Å²) in [6, 6.07) is 1.67. The number of ether oxygens (including phenoxy) is 1. The maximum Gasteiger partial charge on any atom is 0.490 e. The number of carbonyl (C=O) groups is 2. The molecule has 2 fully saturated rings. The molecule has 4 rings (SSSR count). The Hall–Kier alpha value is -2.64. The lowest BCUT2D eigenvalue weighted by Gasteiger charge is -2.19. The van der Waals surface area contributed by atoms with Crippen LogP contribution in [0.4, 0.5) is 13.2 Å². The minimum atomic E-state index is -5.08. The highest BCUT2D eigenvalue weighted by Crippen LogP contribution is 2.34. The van der Waals surface area contributed by atoms with Crippen molar-refractivity contribution in [1.29, 1.82) is 0 Å². The van der Waals surface area contributed by atoms with Crippen LogP contribution < -0.4 is 5.32 Å². The van der Waals surface area contributed by atoms with Crippen LogP contribution in [0.25, 0.3) is 0 Å². The minimum absolute atomic E-state index is 0.106. The summed E-state index contributed by atoms with van der Waals surface area (Å²) >= 11 is 1.69. The highest BCUT2D eigenvalue weighted by Gasteiger charge is 2.43. The van der Waals surface area contributed by atoms with E-state index in [1.807, 2.05) is 11.6 Å². The first-order valence-corrected chi connectivity index (χ1v) is 10.2. The van der Waals surface area contributed by atoms with Gasteiger partial charge in [-0.15, -0.1) is 11.3 Å². The van der Waals surface area contributed by atoms with Gasteiger partial charge in [0.05, 0.1) is 37.2 Å². The fourth-order valence-electron chi connectivity index (χ4n) is 3.49. The standard InChI is InChI=1S/C16H19N5O2S.C2HF3O2/c22-16(11-1-2-19-20-6-11)18-5-12-10-23-14-8-21(7-13(12)14)9-15-17-3-4-24-15;3-2(4,5)1(6)7/h1-4,6,12-14H,5,7-10H2,(H,18,22);(H,6,7)/t12-,13-,14-;/m1./s1. The van der Waals surface area contributed by atoms with E-state index in [-0.39, 0.29) is 12.0 Å². The number of rotatable bonds is 5. The molecule has 4 heterocycles. The summed E-state index contributed by atoms with van der Waals surface area (Å²) in [5.74, 6) is -2.03. The smallest absolute Gasteiger partial charge is 0.475 e. The third-order valence-corrected chi connectivity index (χ3v) is 5.74. The van der Waals surface area contributed by atoms with Gasteiger partial charge in [0.2, 0.25) is 0 Å². The summed E-state index contributed by atoms with van der Waals surface area (Å²) in [5.41, 5.74) is 0.539. The third kappa shape index (κ3) is 6.42. The summed E-state index contributed by atoms with van der Waals surface area (Å²) < 4.78 is 37.7. The van der Waals surface area contributed by atoms with Crippen molar-refractivity contribution < 1.29 is 32.6 Å². The molecule has 0 bridgehead atoms. The largest absolute Gasteiger partial charge is 0.490 e. The number of carbonyl (C=O) groups excluding carboxylic acids is 1. The number of amides is 1. The van der Waals surface area contributed by atoms with Gasteiger partial charge in [-0.05, 0) is 6.07 Å². The number of carboxylic acid groups (broad SMARTS) is 1. The number of halogens is 3. The van der Waals surface area contributed by atoms with Crippen molar-refractivity contribution in [2.75, 3.05) is 26.2 Å². The van der Waals surface area contributed by atoms with Crippen molar-refractivity contribution in [2.45, 2.75) is 18.8 Å². The van der Waals surface area contributed by atoms with Crippen molar-refractivity contribution in [3.05, 3.63) is 40.6 Å². The molecule has 1 amide bonds. The number of aromatic nitrogens is 3. The van der Waals surface area contributed by atoms with E-state index in [0.29, 0.717) is 23.9 Å². The Morgan fingerprint density at radius 2 is 2.06 bits per heavy atom. The number of hydrogen-bond acceptors (Lipinski definition) is 8. The second-order valence-corrected chi connectivity index (χ2v) is 8.04. The van der Waals surface area contributed by atoms with Gasteiger partial charge in [-0.3, -0.25) is 9.69 Å². The second-order valence-electron chi connectivity index (χ2n) is 7.06. The first-order chi connectivity index (χ1) is 14.7. The van der Waals surface area contributed by atoms with Crippen LogP contribution >= 0.6 is 11.3 Å². The van der Waals surface area contributed by atoms with Gasteiger partial charge in [-0.1, -0.05) is 0 Å². The number of thiazole rings is 1. The number of carboxylic acids is 1. The van der Waals surface area contributed by atoms with Gasteiger partial charge in [0.15, 0.2) is 0 Å². The molecule has 168 valence electrons. The minimum Gasteiger partial charge on any atom is -0.475 e. The molecule has 2 aromatic rings. The quantitative estimate of drug-likeness (QED) is 0.690. The summed E-state index contributed by atoms with van der Waals surface area (Å²) in [6.07, 6.45) is 0.0419. The van der Waals surface area contributed by atoms with E-state index in [1.165, 1.54) is 12.4 Å². The monoisotopic (exact) mass is 459 g/mol. The van der Waals surface area contributed by atoms with Crippen LogP contribution in [-0.2, 0) is 16.1 Å². The summed E-state index contributed by atoms with van der Waals surface area (Å²) in [7, 11) is 0. The molecular formula is C18H20F3N5O4S. The zero-order chi connectivity index (χ0) is 22.4. The van der Waals surface area contributed by atoms with Crippen molar-refractivity contribution in [1.82, 2.24) is 25.4 Å². The number of likely N-dealkylation sites (tertiary alicyclic amines) is 1. The molecule has 0 unspecified atom stereocenters. The highest BCUT2D eigenvalue weighted by atomic mass is 32.1. The van der Waals surface area contributed by atoms with Gasteiger partial charge in [-0.2, -0.15) is 23.4 Å². The van der Waals surface area contributed by atoms with E-state index < -0.39 is 12.1 Å². The number of fused-ring (bicyclic) bond motifs is 1. The normalized spacial score (nSPS) is 23.0. The van der Waals surface area contributed by atoms with E-state index in [4.69, 9.17) is 14.6 Å². The molecule has 0 spiro atoms. The molecule has 9 nitrogen and oxygen atoms in total. The predicted octanol–water partition coefficient (Wildman–Crippen LogP) is 1.44. The molecule has 2 N–H and O–H groups in total. The van der Waals surface area contributed by atoms with Crippen molar-refractivity contribution in [2.24, 2.45) is 11.8 Å². The van der Waals surface area contributed by atoms with Crippen LogP contribution in [0.2, 0.25) is 0 Å². The number of nitrogens with one attached hydrogen (secondary N) is 1. The molecule has 2 saturated heterocycles. The molecule has 0 aromatic carbocycles. The van der Waals surface area contributed by atoms with Gasteiger partial charge in [0.1, 0.15) is 5.01 Å². The van der Waals surface area contributed by atoms with Crippen LogP contribution in [0.1, 0.15) is 15.4 Å². The summed E-state index contributed by atoms with van der Waals surface area (Å²) in [4.78, 5) is 27.8. The molecule has 3 atom stereocenters. The highest BCUT2D eigenvalue weighted by molar-refractivity contribution is 7.09. The lowest BCUT2D eigenvalue weighted by atomic mass is 9.93. The van der Waals surface area contributed by atoms with Gasteiger partial charge < -0.3 is 15.2 Å². The Labute approximate surface area is 179 Å². The molecule has 0 saturated carbocycles. The second kappa shape index (κ2) is 10.1. The Bertz CT molecular complexity index is 869. The predicted molar refractivity (Wildman–Crippen MR) is 102 cm³/mol. The van der Waals surface area contributed by atoms with Gasteiger partial charge in [-0.25, -0.2) is 9.78 Å². The van der Waals surface area contributed by atoms with Gasteiger partial charge in [0.25, 0.3) is 5.91 Å². The molecular weight excluding hydrogens is 439 g/mol. The van der Waals surface area contributed by atoms with E-state index in [1.54, 1.807) is 17.4 Å². The lowest BCUT2D eigenvalue weighted by Crippen LogP contribution is -2.34. The van der Waals surface area contributed by atoms with E-state index in [2.05, 4.69) is 25.4 Å². The van der Waals surface area contributed by atoms with Crippen LogP contribution in [0.5, 0.6) is 0 Å². The Morgan fingerprint density at radius 3 is 2.68 bits per heavy atom. The number of aliphatic carboxylic acids is 1. The van der Waals surface area contributed by atoms with Gasteiger partial charge in [0, 0.05) is 43.0 Å². The summed E-state index contributed by atoms with van der Waals surface area (Å²) in [6.45, 7) is 4.18. The molecule has 0 radical (unpaired) electrons. The molecule has 2 aromatic heterocycles. The zero-order valence-corrected chi connectivity index (χ0v) is 17.0. The van der Waals surface area contributed by atoms with Crippen LogP contribution in [0, 0.1) is 11.8 Å². The van der Waals surface area contributed by atoms with E-state index in [9.17, 15) is 18.0 Å².